The zero-order valence-electron chi connectivity index (χ0n) is 32.5. The van der Waals surface area contributed by atoms with Crippen LogP contribution in [0.15, 0.2) is 83.2 Å². The third-order valence-electron chi connectivity index (χ3n) is 13.9. The molecular weight excluding hydrogens is 713 g/mol. The number of aliphatic hydroxyl groups is 2. The second-order valence-corrected chi connectivity index (χ2v) is 17.5. The van der Waals surface area contributed by atoms with Gasteiger partial charge < -0.3 is 25.4 Å². The molecule has 1 unspecified atom stereocenters. The first-order chi connectivity index (χ1) is 27.7. The number of aliphatic imine (C=N–C) groups is 1. The van der Waals surface area contributed by atoms with Crippen LogP contribution in [0.5, 0.6) is 11.5 Å². The van der Waals surface area contributed by atoms with Crippen LogP contribution >= 0.6 is 0 Å². The molecule has 1 fully saturated rings. The third-order valence-corrected chi connectivity index (χ3v) is 13.9. The van der Waals surface area contributed by atoms with E-state index in [1.54, 1.807) is 0 Å². The van der Waals surface area contributed by atoms with Crippen molar-refractivity contribution in [1.29, 1.82) is 0 Å². The van der Waals surface area contributed by atoms with Crippen molar-refractivity contribution in [2.45, 2.75) is 101 Å². The van der Waals surface area contributed by atoms with Crippen molar-refractivity contribution in [2.24, 2.45) is 33.9 Å². The minimum Gasteiger partial charge on any atom is -0.437 e. The highest BCUT2D eigenvalue weighted by atomic mass is 16.5. The van der Waals surface area contributed by atoms with E-state index in [4.69, 9.17) is 20.2 Å². The van der Waals surface area contributed by atoms with Gasteiger partial charge in [-0.15, -0.1) is 0 Å². The first kappa shape index (κ1) is 36.6. The van der Waals surface area contributed by atoms with Crippen LogP contribution in [0.25, 0.3) is 0 Å². The van der Waals surface area contributed by atoms with Gasteiger partial charge in [0.2, 0.25) is 0 Å². The lowest BCUT2D eigenvalue weighted by Gasteiger charge is -2.38. The molecule has 0 saturated heterocycles. The summed E-state index contributed by atoms with van der Waals surface area (Å²) < 4.78 is 13.4. The van der Waals surface area contributed by atoms with Crippen LogP contribution < -0.4 is 25.4 Å². The molecule has 2 bridgehead atoms. The lowest BCUT2D eigenvalue weighted by molar-refractivity contribution is -0.888. The van der Waals surface area contributed by atoms with Crippen LogP contribution in [-0.4, -0.2) is 47.1 Å². The van der Waals surface area contributed by atoms with Crippen LogP contribution in [0, 0.1) is 47.0 Å². The molecule has 0 radical (unpaired) electrons. The number of rotatable bonds is 6. The molecule has 1 saturated carbocycles. The Labute approximate surface area is 334 Å². The fourth-order valence-electron chi connectivity index (χ4n) is 10.7. The maximum Gasteiger partial charge on any atom is 0.252 e. The number of ketones is 1. The molecule has 9 heteroatoms. The van der Waals surface area contributed by atoms with Gasteiger partial charge in [0.05, 0.1) is 23.3 Å². The number of ether oxygens (including phenoxy) is 2. The van der Waals surface area contributed by atoms with Gasteiger partial charge in [0.15, 0.2) is 11.5 Å². The molecule has 10 rings (SSSR count). The maximum absolute atomic E-state index is 13.1. The zero-order valence-corrected chi connectivity index (χ0v) is 32.5. The predicted octanol–water partition coefficient (Wildman–Crippen LogP) is 4.95. The Balaban J connectivity index is 1.01. The minimum atomic E-state index is -1.03. The van der Waals surface area contributed by atoms with Gasteiger partial charge in [0.25, 0.3) is 6.23 Å². The first-order valence-electron chi connectivity index (χ1n) is 21.0. The number of Topliss-reactive ketones (excluding diaryl/α,β-unsaturated/α-hetero) is 1. The Morgan fingerprint density at radius 3 is 2.77 bits per heavy atom. The number of fused-ring (bicyclic) bond motifs is 6. The molecule has 6 N–H and O–H groups in total. The smallest absolute Gasteiger partial charge is 0.252 e. The van der Waals surface area contributed by atoms with Gasteiger partial charge in [-0.2, -0.15) is 0 Å². The summed E-state index contributed by atoms with van der Waals surface area (Å²) in [5.41, 5.74) is 14.5. The SMILES string of the molecule is C[C@H]1C=C[C@H]([C@@H](O)CC(=O)CCc2ccc3c(c2)O[C@@H]2[C@@H](C#C[C@@H](O)c4ccc5c6c4[C@H](C=C[C@H]6CN[C@H]5N)C4=CN=C5C[NH+]2C=C45)C2(C#CO3)CCCC2)CC1. The highest BCUT2D eigenvalue weighted by molar-refractivity contribution is 6.08. The third kappa shape index (κ3) is 6.51. The second kappa shape index (κ2) is 14.6. The Morgan fingerprint density at radius 2 is 1.93 bits per heavy atom. The Kier molecular flexibility index (Phi) is 9.36. The fourth-order valence-corrected chi connectivity index (χ4v) is 10.7. The Bertz CT molecular complexity index is 2290. The minimum absolute atomic E-state index is 0.0339. The van der Waals surface area contributed by atoms with Crippen LogP contribution in [0.2, 0.25) is 0 Å². The zero-order chi connectivity index (χ0) is 38.8. The van der Waals surface area contributed by atoms with E-state index in [9.17, 15) is 15.0 Å². The number of hydrogen-bond donors (Lipinski definition) is 5. The summed E-state index contributed by atoms with van der Waals surface area (Å²) in [4.78, 5) is 19.2. The molecule has 0 amide bonds. The molecule has 5 aliphatic heterocycles. The summed E-state index contributed by atoms with van der Waals surface area (Å²) in [6, 6.07) is 9.91. The fraction of sp³-hybridized carbons (Fsp3) is 0.458. The van der Waals surface area contributed by atoms with Crippen LogP contribution in [0.3, 0.4) is 0 Å². The monoisotopic (exact) mass is 763 g/mol. The standard InChI is InChI=1S/C48H50N4O5/c1-28-4-8-30(9-5-28)41(55)23-32(53)11-6-29-7-17-42-43(22-29)57-47-38(48(20-21-56-42)18-2-3-19-48)15-16-40(54)34-13-14-35-44-31(24-51-46(35)49)10-12-33(45(34)44)36-25-50-39-27-52(47)26-37(36)39/h4,7-8,10,12-14,17,22,25-26,28,30-31,33,38,40-41,46-47,51,54-55H,2-3,5-6,9,11,18-19,23-24,27,49H2,1H3/p+1/t28-,30-,31-,33+,38+,40+,41-,46+,47+/m0/s1. The molecule has 2 aromatic carbocycles. The van der Waals surface area contributed by atoms with Crippen molar-refractivity contribution >= 4 is 11.5 Å². The van der Waals surface area contributed by atoms with E-state index < -0.39 is 23.9 Å². The molecule has 10 atom stereocenters. The largest absolute Gasteiger partial charge is 0.437 e. The Hall–Kier alpha value is -4.74. The normalized spacial score (nSPS) is 32.6. The maximum atomic E-state index is 13.1. The number of carbonyl (C=O) groups is 1. The lowest BCUT2D eigenvalue weighted by Crippen LogP contribution is -3.13. The summed E-state index contributed by atoms with van der Waals surface area (Å²) in [6.45, 7) is 3.54. The number of quaternary nitrogens is 1. The number of aliphatic hydroxyl groups excluding tert-OH is 2. The van der Waals surface area contributed by atoms with Crippen molar-refractivity contribution in [3.63, 3.8) is 0 Å². The summed E-state index contributed by atoms with van der Waals surface area (Å²) in [5, 5.41) is 26.4. The van der Waals surface area contributed by atoms with E-state index in [0.717, 1.165) is 89.1 Å². The summed E-state index contributed by atoms with van der Waals surface area (Å²) in [7, 11) is 0. The summed E-state index contributed by atoms with van der Waals surface area (Å²) in [6.07, 6.45) is 20.4. The average Bonchev–Trinajstić information content (AvgIpc) is 3.96. The number of allylic oxidation sites excluding steroid dienone is 3. The molecule has 2 aromatic rings. The predicted molar refractivity (Wildman–Crippen MR) is 217 cm³/mol. The average molecular weight is 764 g/mol. The molecule has 3 aliphatic carbocycles. The summed E-state index contributed by atoms with van der Waals surface area (Å²) >= 11 is 0. The molecule has 5 heterocycles. The summed E-state index contributed by atoms with van der Waals surface area (Å²) in [5.74, 6) is 11.9. The van der Waals surface area contributed by atoms with Crippen LogP contribution in [0.1, 0.15) is 110 Å². The van der Waals surface area contributed by atoms with Gasteiger partial charge in [-0.1, -0.05) is 80.0 Å². The van der Waals surface area contributed by atoms with Crippen molar-refractivity contribution in [1.82, 2.24) is 5.32 Å². The van der Waals surface area contributed by atoms with Gasteiger partial charge in [0.1, 0.15) is 42.4 Å². The van der Waals surface area contributed by atoms with E-state index in [2.05, 4.69) is 72.7 Å². The van der Waals surface area contributed by atoms with E-state index in [1.807, 2.05) is 30.5 Å². The molecule has 8 aliphatic rings. The van der Waals surface area contributed by atoms with E-state index in [0.29, 0.717) is 36.8 Å². The van der Waals surface area contributed by atoms with Crippen molar-refractivity contribution in [2.75, 3.05) is 13.1 Å². The van der Waals surface area contributed by atoms with E-state index in [-0.39, 0.29) is 42.0 Å². The second-order valence-electron chi connectivity index (χ2n) is 17.5. The van der Waals surface area contributed by atoms with Crippen molar-refractivity contribution in [3.05, 3.63) is 106 Å². The lowest BCUT2D eigenvalue weighted by atomic mass is 9.71. The Morgan fingerprint density at radius 1 is 1.07 bits per heavy atom. The molecule has 292 valence electrons. The number of nitrogens with zero attached hydrogens (tertiary/aromatic N) is 1. The number of nitrogens with one attached hydrogen (secondary N) is 2. The van der Waals surface area contributed by atoms with Gasteiger partial charge in [0, 0.05) is 43.3 Å². The molecule has 0 aromatic heterocycles. The van der Waals surface area contributed by atoms with Crippen molar-refractivity contribution in [3.8, 4) is 35.4 Å². The number of aryl methyl sites for hydroxylation is 1. The number of nitrogens with two attached hydrogens (primary N) is 1. The molecule has 1 spiro atoms. The van der Waals surface area contributed by atoms with Gasteiger partial charge in [-0.05, 0) is 83.5 Å². The van der Waals surface area contributed by atoms with Crippen LogP contribution in [-0.2, 0) is 11.2 Å². The quantitative estimate of drug-likeness (QED) is 0.208. The van der Waals surface area contributed by atoms with Crippen LogP contribution in [0.4, 0.5) is 0 Å². The topological polar surface area (TPSA) is 131 Å². The highest BCUT2D eigenvalue weighted by Crippen LogP contribution is 2.50. The van der Waals surface area contributed by atoms with Gasteiger partial charge in [-0.3, -0.25) is 20.0 Å². The number of carbonyl (C=O) groups excluding carboxylic acids is 1. The van der Waals surface area contributed by atoms with Crippen molar-refractivity contribution < 1.29 is 29.4 Å². The number of hydrogen-bond acceptors (Lipinski definition) is 8. The van der Waals surface area contributed by atoms with Gasteiger partial charge >= 0.3 is 0 Å². The molecular formula is C48H51N4O5+. The number of benzene rings is 2. The van der Waals surface area contributed by atoms with E-state index >= 15 is 0 Å². The first-order valence-corrected chi connectivity index (χ1v) is 21.0. The van der Waals surface area contributed by atoms with E-state index in [1.165, 1.54) is 5.56 Å². The molecule has 57 heavy (non-hydrogen) atoms. The molecule has 9 nitrogen and oxygen atoms in total. The highest BCUT2D eigenvalue weighted by Gasteiger charge is 2.52. The van der Waals surface area contributed by atoms with Gasteiger partial charge in [-0.25, -0.2) is 0 Å².